The standard InChI is InChI=1S/C16H18N2O.C6H7N/c1-11-15(10-17-4)16(13(3)19)12(2)18(11)14-8-6-5-7-9-14;1-6-2-4-7-5-3-6/h5-10H,1-4H3;2-5H,1H3. The highest BCUT2D eigenvalue weighted by atomic mass is 16.1. The zero-order valence-corrected chi connectivity index (χ0v) is 16.0. The average Bonchev–Trinajstić information content (AvgIpc) is 2.87. The van der Waals surface area contributed by atoms with Gasteiger partial charge in [0.1, 0.15) is 0 Å². The van der Waals surface area contributed by atoms with Gasteiger partial charge in [-0.15, -0.1) is 0 Å². The zero-order valence-electron chi connectivity index (χ0n) is 16.0. The molecular formula is C22H25N3O. The van der Waals surface area contributed by atoms with Crippen LogP contribution in [-0.4, -0.2) is 28.6 Å². The second-order valence-corrected chi connectivity index (χ2v) is 6.10. The van der Waals surface area contributed by atoms with E-state index in [4.69, 9.17) is 0 Å². The van der Waals surface area contributed by atoms with E-state index in [1.165, 1.54) is 5.56 Å². The lowest BCUT2D eigenvalue weighted by molar-refractivity contribution is 0.101. The molecule has 0 spiro atoms. The van der Waals surface area contributed by atoms with Crippen LogP contribution in [0.15, 0.2) is 59.9 Å². The molecule has 0 radical (unpaired) electrons. The van der Waals surface area contributed by atoms with Crippen molar-refractivity contribution in [2.24, 2.45) is 4.99 Å². The molecule has 3 aromatic rings. The molecule has 2 aromatic heterocycles. The van der Waals surface area contributed by atoms with E-state index in [0.717, 1.165) is 28.2 Å². The monoisotopic (exact) mass is 347 g/mol. The van der Waals surface area contributed by atoms with Crippen LogP contribution < -0.4 is 0 Å². The van der Waals surface area contributed by atoms with Crippen LogP contribution in [0.5, 0.6) is 0 Å². The van der Waals surface area contributed by atoms with Gasteiger partial charge in [-0.1, -0.05) is 18.2 Å². The minimum absolute atomic E-state index is 0.0742. The Kier molecular flexibility index (Phi) is 6.61. The minimum Gasteiger partial charge on any atom is -0.317 e. The van der Waals surface area contributed by atoms with E-state index >= 15 is 0 Å². The highest BCUT2D eigenvalue weighted by Crippen LogP contribution is 2.25. The summed E-state index contributed by atoms with van der Waals surface area (Å²) in [6, 6.07) is 14.0. The van der Waals surface area contributed by atoms with Gasteiger partial charge in [0, 0.05) is 53.9 Å². The molecular weight excluding hydrogens is 322 g/mol. The van der Waals surface area contributed by atoms with Crippen molar-refractivity contribution >= 4 is 12.0 Å². The van der Waals surface area contributed by atoms with Gasteiger partial charge in [-0.25, -0.2) is 0 Å². The van der Waals surface area contributed by atoms with Crippen molar-refractivity contribution < 1.29 is 4.79 Å². The van der Waals surface area contributed by atoms with Crippen LogP contribution >= 0.6 is 0 Å². The predicted octanol–water partition coefficient (Wildman–Crippen LogP) is 4.74. The van der Waals surface area contributed by atoms with Crippen molar-refractivity contribution in [1.82, 2.24) is 9.55 Å². The molecule has 4 nitrogen and oxygen atoms in total. The number of ketones is 1. The van der Waals surface area contributed by atoms with Crippen LogP contribution in [-0.2, 0) is 0 Å². The third-order valence-electron chi connectivity index (χ3n) is 4.16. The molecule has 0 N–H and O–H groups in total. The second-order valence-electron chi connectivity index (χ2n) is 6.10. The number of aryl methyl sites for hydroxylation is 1. The first kappa shape index (κ1) is 19.3. The van der Waals surface area contributed by atoms with Crippen LogP contribution in [0, 0.1) is 20.8 Å². The number of carbonyl (C=O) groups is 1. The van der Waals surface area contributed by atoms with Gasteiger partial charge in [0.15, 0.2) is 5.78 Å². The predicted molar refractivity (Wildman–Crippen MR) is 108 cm³/mol. The number of carbonyl (C=O) groups excluding carboxylic acids is 1. The van der Waals surface area contributed by atoms with E-state index in [0.29, 0.717) is 0 Å². The lowest BCUT2D eigenvalue weighted by Gasteiger charge is -2.09. The summed E-state index contributed by atoms with van der Waals surface area (Å²) in [7, 11) is 1.72. The first-order valence-electron chi connectivity index (χ1n) is 8.54. The summed E-state index contributed by atoms with van der Waals surface area (Å²) in [6.07, 6.45) is 5.34. The summed E-state index contributed by atoms with van der Waals surface area (Å²) >= 11 is 0. The molecule has 0 atom stereocenters. The average molecular weight is 347 g/mol. The number of hydrogen-bond donors (Lipinski definition) is 0. The molecule has 0 unspecified atom stereocenters. The third-order valence-corrected chi connectivity index (χ3v) is 4.16. The Hall–Kier alpha value is -3.01. The van der Waals surface area contributed by atoms with E-state index in [1.54, 1.807) is 32.6 Å². The van der Waals surface area contributed by atoms with Gasteiger partial charge in [0.05, 0.1) is 0 Å². The number of Topliss-reactive ketones (excluding diaryl/α,β-unsaturated/α-hetero) is 1. The summed E-state index contributed by atoms with van der Waals surface area (Å²) in [5.74, 6) is 0.0742. The molecule has 0 fully saturated rings. The number of aromatic nitrogens is 2. The number of hydrogen-bond acceptors (Lipinski definition) is 3. The highest BCUT2D eigenvalue weighted by Gasteiger charge is 2.19. The van der Waals surface area contributed by atoms with Gasteiger partial charge in [0.2, 0.25) is 0 Å². The van der Waals surface area contributed by atoms with Crippen LogP contribution in [0.2, 0.25) is 0 Å². The Balaban J connectivity index is 0.000000290. The molecule has 0 amide bonds. The summed E-state index contributed by atoms with van der Waals surface area (Å²) in [5, 5.41) is 0. The lowest BCUT2D eigenvalue weighted by atomic mass is 10.1. The minimum atomic E-state index is 0.0742. The lowest BCUT2D eigenvalue weighted by Crippen LogP contribution is -2.00. The Morgan fingerprint density at radius 3 is 2.08 bits per heavy atom. The first-order valence-corrected chi connectivity index (χ1v) is 8.54. The van der Waals surface area contributed by atoms with Gasteiger partial charge in [-0.05, 0) is 57.5 Å². The van der Waals surface area contributed by atoms with Gasteiger partial charge in [-0.3, -0.25) is 14.8 Å². The molecule has 1 aromatic carbocycles. The number of benzene rings is 1. The maximum atomic E-state index is 11.9. The quantitative estimate of drug-likeness (QED) is 0.508. The van der Waals surface area contributed by atoms with Gasteiger partial charge >= 0.3 is 0 Å². The van der Waals surface area contributed by atoms with Crippen LogP contribution in [0.4, 0.5) is 0 Å². The fourth-order valence-corrected chi connectivity index (χ4v) is 2.98. The first-order chi connectivity index (χ1) is 12.5. The molecule has 0 saturated heterocycles. The van der Waals surface area contributed by atoms with E-state index in [1.807, 2.05) is 63.2 Å². The van der Waals surface area contributed by atoms with Gasteiger partial charge in [0.25, 0.3) is 0 Å². The third kappa shape index (κ3) is 4.33. The molecule has 26 heavy (non-hydrogen) atoms. The molecule has 0 aliphatic heterocycles. The topological polar surface area (TPSA) is 47.2 Å². The molecule has 4 heteroatoms. The SMILES string of the molecule is CN=Cc1c(C(C)=O)c(C)n(-c2ccccc2)c1C.Cc1ccncc1. The summed E-state index contributed by atoms with van der Waals surface area (Å²) < 4.78 is 2.10. The van der Waals surface area contributed by atoms with Crippen molar-refractivity contribution in [2.75, 3.05) is 7.05 Å². The van der Waals surface area contributed by atoms with E-state index in [-0.39, 0.29) is 5.78 Å². The van der Waals surface area contributed by atoms with Crippen molar-refractivity contribution in [1.29, 1.82) is 0 Å². The summed E-state index contributed by atoms with van der Waals surface area (Å²) in [6.45, 7) is 7.64. The Morgan fingerprint density at radius 2 is 1.62 bits per heavy atom. The molecule has 0 saturated carbocycles. The fraction of sp³-hybridized carbons (Fsp3) is 0.227. The van der Waals surface area contributed by atoms with E-state index in [9.17, 15) is 4.79 Å². The Bertz CT molecular complexity index is 894. The number of nitrogens with zero attached hydrogens (tertiary/aromatic N) is 3. The Morgan fingerprint density at radius 1 is 1.00 bits per heavy atom. The van der Waals surface area contributed by atoms with Crippen molar-refractivity contribution in [3.05, 3.63) is 82.9 Å². The number of aliphatic imine (C=N–C) groups is 1. The van der Waals surface area contributed by atoms with Crippen LogP contribution in [0.25, 0.3) is 5.69 Å². The molecule has 2 heterocycles. The maximum Gasteiger partial charge on any atom is 0.162 e. The molecule has 0 aliphatic rings. The van der Waals surface area contributed by atoms with E-state index in [2.05, 4.69) is 14.5 Å². The molecule has 134 valence electrons. The largest absolute Gasteiger partial charge is 0.317 e. The molecule has 0 aliphatic carbocycles. The zero-order chi connectivity index (χ0) is 19.1. The number of rotatable bonds is 3. The highest BCUT2D eigenvalue weighted by molar-refractivity contribution is 6.04. The molecule has 0 bridgehead atoms. The van der Waals surface area contributed by atoms with Crippen LogP contribution in [0.1, 0.15) is 39.8 Å². The Labute approximate surface area is 155 Å². The number of para-hydroxylation sites is 1. The molecule has 3 rings (SSSR count). The summed E-state index contributed by atoms with van der Waals surface area (Å²) in [5.41, 5.74) is 6.00. The fourth-order valence-electron chi connectivity index (χ4n) is 2.98. The van der Waals surface area contributed by atoms with Crippen molar-refractivity contribution in [2.45, 2.75) is 27.7 Å². The second kappa shape index (κ2) is 8.90. The van der Waals surface area contributed by atoms with E-state index < -0.39 is 0 Å². The van der Waals surface area contributed by atoms with Crippen LogP contribution in [0.3, 0.4) is 0 Å². The summed E-state index contributed by atoms with van der Waals surface area (Å²) in [4.78, 5) is 19.8. The van der Waals surface area contributed by atoms with Gasteiger partial charge in [-0.2, -0.15) is 0 Å². The normalized spacial score (nSPS) is 10.5. The van der Waals surface area contributed by atoms with Crippen molar-refractivity contribution in [3.8, 4) is 5.69 Å². The number of pyridine rings is 1. The van der Waals surface area contributed by atoms with Crippen molar-refractivity contribution in [3.63, 3.8) is 0 Å². The maximum absolute atomic E-state index is 11.9. The smallest absolute Gasteiger partial charge is 0.162 e. The van der Waals surface area contributed by atoms with Gasteiger partial charge < -0.3 is 4.57 Å².